The first-order valence-corrected chi connectivity index (χ1v) is 14.2. The van der Waals surface area contributed by atoms with Crippen LogP contribution in [0.4, 0.5) is 15.9 Å². The first-order chi connectivity index (χ1) is 20.0. The average Bonchev–Trinajstić information content (AvgIpc) is 3.64. The van der Waals surface area contributed by atoms with E-state index < -0.39 is 0 Å². The smallest absolute Gasteiger partial charge is 0.159 e. The number of ketones is 1. The van der Waals surface area contributed by atoms with Gasteiger partial charge in [0, 0.05) is 61.3 Å². The number of aryl methyl sites for hydroxylation is 1. The molecular formula is C31H35FN4O5. The van der Waals surface area contributed by atoms with E-state index in [0.717, 1.165) is 37.1 Å². The van der Waals surface area contributed by atoms with Crippen molar-refractivity contribution in [1.29, 1.82) is 0 Å². The van der Waals surface area contributed by atoms with Gasteiger partial charge >= 0.3 is 0 Å². The number of likely N-dealkylation sites (tertiary alicyclic amines) is 1. The van der Waals surface area contributed by atoms with Crippen molar-refractivity contribution in [2.75, 3.05) is 58.0 Å². The number of carbonyl (C=O) groups excluding carboxylic acids is 1. The van der Waals surface area contributed by atoms with Gasteiger partial charge in [0.1, 0.15) is 23.7 Å². The first kappa shape index (κ1) is 27.7. The number of aromatic nitrogens is 2. The second-order valence-electron chi connectivity index (χ2n) is 10.9. The van der Waals surface area contributed by atoms with Crippen molar-refractivity contribution in [1.82, 2.24) is 14.9 Å². The molecule has 0 unspecified atom stereocenters. The summed E-state index contributed by atoms with van der Waals surface area (Å²) in [7, 11) is 0. The summed E-state index contributed by atoms with van der Waals surface area (Å²) in [6.07, 6.45) is 6.37. The van der Waals surface area contributed by atoms with Crippen LogP contribution in [0, 0.1) is 18.7 Å². The van der Waals surface area contributed by atoms with Gasteiger partial charge in [0.05, 0.1) is 44.2 Å². The zero-order valence-electron chi connectivity index (χ0n) is 23.2. The van der Waals surface area contributed by atoms with Crippen LogP contribution in [-0.4, -0.2) is 85.5 Å². The van der Waals surface area contributed by atoms with E-state index in [1.807, 2.05) is 18.2 Å². The molecule has 9 nitrogen and oxygen atoms in total. The Bertz CT molecular complexity index is 1410. The van der Waals surface area contributed by atoms with Crippen molar-refractivity contribution >= 4 is 28.2 Å². The van der Waals surface area contributed by atoms with Crippen LogP contribution < -0.4 is 10.1 Å². The van der Waals surface area contributed by atoms with Crippen LogP contribution in [0.5, 0.6) is 5.75 Å². The number of hydrogen-bond acceptors (Lipinski definition) is 9. The third-order valence-corrected chi connectivity index (χ3v) is 7.81. The highest BCUT2D eigenvalue weighted by atomic mass is 19.1. The Labute approximate surface area is 238 Å². The van der Waals surface area contributed by atoms with E-state index in [1.54, 1.807) is 25.1 Å². The van der Waals surface area contributed by atoms with E-state index in [2.05, 4.69) is 20.2 Å². The number of anilines is 2. The predicted octanol–water partition coefficient (Wildman–Crippen LogP) is 4.00. The highest BCUT2D eigenvalue weighted by Crippen LogP contribution is 2.31. The summed E-state index contributed by atoms with van der Waals surface area (Å²) in [6.45, 7) is 7.18. The van der Waals surface area contributed by atoms with Gasteiger partial charge < -0.3 is 24.3 Å². The minimum atomic E-state index is -0.267. The largest absolute Gasteiger partial charge is 0.493 e. The van der Waals surface area contributed by atoms with Gasteiger partial charge in [-0.05, 0) is 49.2 Å². The molecule has 0 spiro atoms. The topological polar surface area (TPSA) is 95.0 Å². The van der Waals surface area contributed by atoms with Gasteiger partial charge in [-0.25, -0.2) is 14.4 Å². The van der Waals surface area contributed by atoms with Crippen LogP contribution in [0.15, 0.2) is 48.8 Å². The van der Waals surface area contributed by atoms with E-state index in [9.17, 15) is 9.18 Å². The van der Waals surface area contributed by atoms with E-state index in [1.165, 1.54) is 12.4 Å². The van der Waals surface area contributed by atoms with Crippen molar-refractivity contribution in [2.45, 2.75) is 32.0 Å². The fraction of sp³-hybridized carbons (Fsp3) is 0.452. The van der Waals surface area contributed by atoms with E-state index in [0.29, 0.717) is 67.2 Å². The molecule has 10 heteroatoms. The quantitative estimate of drug-likeness (QED) is 0.368. The maximum Gasteiger partial charge on any atom is 0.159 e. The molecule has 3 aliphatic rings. The molecule has 3 saturated heterocycles. The Morgan fingerprint density at radius 3 is 2.73 bits per heavy atom. The average molecular weight is 563 g/mol. The summed E-state index contributed by atoms with van der Waals surface area (Å²) < 4.78 is 37.1. The van der Waals surface area contributed by atoms with Crippen LogP contribution in [0.2, 0.25) is 0 Å². The molecule has 2 aromatic carbocycles. The van der Waals surface area contributed by atoms with E-state index in [4.69, 9.17) is 18.9 Å². The van der Waals surface area contributed by atoms with E-state index >= 15 is 0 Å². The highest BCUT2D eigenvalue weighted by Gasteiger charge is 2.35. The molecule has 0 radical (unpaired) electrons. The molecular weight excluding hydrogens is 527 g/mol. The van der Waals surface area contributed by atoms with Gasteiger partial charge in [-0.15, -0.1) is 0 Å². The number of nitrogens with one attached hydrogen (secondary N) is 1. The molecule has 41 heavy (non-hydrogen) atoms. The SMILES string of the molecule is Cc1cc(Nc2ncnc3cc(OC[C@H]4CCOC4)c(CC(=O)/C=C/CN4C[C@@H]5OCCO[C@H]5C4)cc23)ccc1F. The lowest BCUT2D eigenvalue weighted by atomic mass is 10.0. The summed E-state index contributed by atoms with van der Waals surface area (Å²) in [5, 5.41) is 4.03. The minimum absolute atomic E-state index is 0.0250. The number of halogens is 1. The Kier molecular flexibility index (Phi) is 8.52. The molecule has 0 aliphatic carbocycles. The number of fused-ring (bicyclic) bond motifs is 2. The molecule has 4 heterocycles. The van der Waals surface area contributed by atoms with Crippen molar-refractivity contribution in [3.8, 4) is 5.75 Å². The molecule has 3 fully saturated rings. The highest BCUT2D eigenvalue weighted by molar-refractivity contribution is 5.96. The van der Waals surface area contributed by atoms with Crippen molar-refractivity contribution in [3.05, 3.63) is 65.8 Å². The number of allylic oxidation sites excluding steroid dienone is 1. The summed E-state index contributed by atoms with van der Waals surface area (Å²) in [5.41, 5.74) is 2.69. The maximum atomic E-state index is 13.8. The lowest BCUT2D eigenvalue weighted by Crippen LogP contribution is -2.36. The monoisotopic (exact) mass is 562 g/mol. The number of ether oxygens (including phenoxy) is 4. The summed E-state index contributed by atoms with van der Waals surface area (Å²) in [4.78, 5) is 24.3. The molecule has 1 N–H and O–H groups in total. The van der Waals surface area contributed by atoms with Crippen LogP contribution in [-0.2, 0) is 25.4 Å². The maximum absolute atomic E-state index is 13.8. The molecule has 216 valence electrons. The standard InChI is InChI=1S/C31H35FN4O5/c1-20-11-23(4-5-26(20)32)35-31-25-13-22(28(14-27(25)33-19-34-31)41-18-21-6-8-38-17-21)12-24(37)3-2-7-36-15-29-30(16-36)40-10-9-39-29/h2-5,11,13-14,19,21,29-30H,6-10,12,15-18H2,1H3,(H,33,34,35)/b3-2+/t21-,29-,30-/m0/s1. The van der Waals surface area contributed by atoms with Crippen molar-refractivity contribution < 1.29 is 28.1 Å². The summed E-state index contributed by atoms with van der Waals surface area (Å²) in [6, 6.07) is 8.60. The summed E-state index contributed by atoms with van der Waals surface area (Å²) >= 11 is 0. The molecule has 1 aromatic heterocycles. The molecule has 6 rings (SSSR count). The van der Waals surface area contributed by atoms with Gasteiger partial charge in [-0.3, -0.25) is 9.69 Å². The Morgan fingerprint density at radius 1 is 1.15 bits per heavy atom. The van der Waals surface area contributed by atoms with Crippen LogP contribution in [0.1, 0.15) is 17.5 Å². The van der Waals surface area contributed by atoms with Gasteiger partial charge in [0.15, 0.2) is 5.78 Å². The molecule has 0 saturated carbocycles. The molecule has 3 aliphatic heterocycles. The fourth-order valence-corrected chi connectivity index (χ4v) is 5.55. The normalized spacial score (nSPS) is 22.8. The summed E-state index contributed by atoms with van der Waals surface area (Å²) in [5.74, 6) is 1.22. The van der Waals surface area contributed by atoms with Crippen molar-refractivity contribution in [3.63, 3.8) is 0 Å². The number of carbonyl (C=O) groups is 1. The first-order valence-electron chi connectivity index (χ1n) is 14.2. The Morgan fingerprint density at radius 2 is 1.98 bits per heavy atom. The lowest BCUT2D eigenvalue weighted by molar-refractivity contribution is -0.116. The predicted molar refractivity (Wildman–Crippen MR) is 152 cm³/mol. The molecule has 0 bridgehead atoms. The third-order valence-electron chi connectivity index (χ3n) is 7.81. The second-order valence-corrected chi connectivity index (χ2v) is 10.9. The number of hydrogen-bond donors (Lipinski definition) is 1. The zero-order valence-corrected chi connectivity index (χ0v) is 23.2. The molecule has 3 atom stereocenters. The molecule has 0 amide bonds. The van der Waals surface area contributed by atoms with Gasteiger partial charge in [0.2, 0.25) is 0 Å². The van der Waals surface area contributed by atoms with Crippen LogP contribution in [0.3, 0.4) is 0 Å². The fourth-order valence-electron chi connectivity index (χ4n) is 5.55. The minimum Gasteiger partial charge on any atom is -0.493 e. The number of rotatable bonds is 10. The van der Waals surface area contributed by atoms with Crippen molar-refractivity contribution in [2.24, 2.45) is 5.92 Å². The molecule has 3 aromatic rings. The van der Waals surface area contributed by atoms with Crippen LogP contribution >= 0.6 is 0 Å². The Hall–Kier alpha value is -3.44. The van der Waals surface area contributed by atoms with Gasteiger partial charge in [-0.2, -0.15) is 0 Å². The van der Waals surface area contributed by atoms with Crippen LogP contribution in [0.25, 0.3) is 10.9 Å². The second kappa shape index (κ2) is 12.6. The number of benzene rings is 2. The van der Waals surface area contributed by atoms with E-state index in [-0.39, 0.29) is 30.2 Å². The number of nitrogens with zero attached hydrogens (tertiary/aromatic N) is 3. The third kappa shape index (κ3) is 6.73. The van der Waals surface area contributed by atoms with Gasteiger partial charge in [0.25, 0.3) is 0 Å². The Balaban J connectivity index is 1.20. The lowest BCUT2D eigenvalue weighted by Gasteiger charge is -2.24. The van der Waals surface area contributed by atoms with Gasteiger partial charge in [-0.1, -0.05) is 6.08 Å². The zero-order chi connectivity index (χ0) is 28.2.